The highest BCUT2D eigenvalue weighted by Crippen LogP contribution is 2.26. The largest absolute Gasteiger partial charge is 0.378 e. The quantitative estimate of drug-likeness (QED) is 0.277. The molecular formula is C32H30FN7O3. The van der Waals surface area contributed by atoms with Crippen LogP contribution in [0.25, 0.3) is 22.4 Å². The molecule has 11 heteroatoms. The molecule has 3 heterocycles. The Bertz CT molecular complexity index is 1870. The third-order valence-corrected chi connectivity index (χ3v) is 7.40. The number of fused-ring (bicyclic) bond motifs is 1. The topological polar surface area (TPSA) is 114 Å². The number of nitrogens with zero attached hydrogens (tertiary/aromatic N) is 5. The van der Waals surface area contributed by atoms with Crippen LogP contribution in [0, 0.1) is 6.92 Å². The summed E-state index contributed by atoms with van der Waals surface area (Å²) in [4.78, 5) is 42.2. The number of carbonyl (C=O) groups is 1. The van der Waals surface area contributed by atoms with E-state index in [-0.39, 0.29) is 17.2 Å². The van der Waals surface area contributed by atoms with E-state index in [0.29, 0.717) is 39.5 Å². The van der Waals surface area contributed by atoms with E-state index in [0.717, 1.165) is 43.2 Å². The number of amides is 1. The number of aryl methyl sites for hydroxylation is 2. The minimum absolute atomic E-state index is 0.214. The SMILES string of the molecule is Cc1ccc(NC(=O)c2cccc(CF)c2)cc1-c1nc2cnc(Nc3ccc(N4CCOCC4)cc3)nc2n(C)c1=O. The molecule has 0 aliphatic carbocycles. The van der Waals surface area contributed by atoms with Crippen molar-refractivity contribution in [1.82, 2.24) is 19.5 Å². The summed E-state index contributed by atoms with van der Waals surface area (Å²) in [5, 5.41) is 6.04. The molecule has 218 valence electrons. The van der Waals surface area contributed by atoms with E-state index >= 15 is 0 Å². The van der Waals surface area contributed by atoms with Crippen LogP contribution in [0.4, 0.5) is 27.4 Å². The first-order chi connectivity index (χ1) is 20.9. The Morgan fingerprint density at radius 1 is 1.00 bits per heavy atom. The lowest BCUT2D eigenvalue weighted by molar-refractivity contribution is 0.102. The van der Waals surface area contributed by atoms with Gasteiger partial charge in [0.25, 0.3) is 11.5 Å². The van der Waals surface area contributed by atoms with Gasteiger partial charge in [-0.1, -0.05) is 18.2 Å². The lowest BCUT2D eigenvalue weighted by atomic mass is 10.0. The highest BCUT2D eigenvalue weighted by molar-refractivity contribution is 6.04. The van der Waals surface area contributed by atoms with Crippen LogP contribution in [0.2, 0.25) is 0 Å². The summed E-state index contributed by atoms with van der Waals surface area (Å²) < 4.78 is 19.9. The number of hydrogen-bond donors (Lipinski definition) is 2. The number of nitrogens with one attached hydrogen (secondary N) is 2. The smallest absolute Gasteiger partial charge is 0.278 e. The number of hydrogen-bond acceptors (Lipinski definition) is 8. The standard InChI is InChI=1S/C32H30FN7O3/c1-20-6-7-24(35-30(41)22-5-3-4-21(16-22)18-33)17-26(20)28-31(42)39(2)29-27(37-28)19-34-32(38-29)36-23-8-10-25(11-9-23)40-12-14-43-15-13-40/h3-11,16-17,19H,12-15,18H2,1-2H3,(H,35,41)(H,34,36,38). The van der Waals surface area contributed by atoms with Crippen molar-refractivity contribution in [1.29, 1.82) is 0 Å². The number of benzene rings is 3. The molecule has 1 amide bonds. The Morgan fingerprint density at radius 3 is 2.53 bits per heavy atom. The van der Waals surface area contributed by atoms with Gasteiger partial charge in [-0.3, -0.25) is 14.2 Å². The van der Waals surface area contributed by atoms with Crippen molar-refractivity contribution in [2.75, 3.05) is 41.8 Å². The average Bonchev–Trinajstić information content (AvgIpc) is 3.05. The molecule has 1 fully saturated rings. The Balaban J connectivity index is 1.25. The van der Waals surface area contributed by atoms with E-state index in [2.05, 4.69) is 30.5 Å². The fraction of sp³-hybridized carbons (Fsp3) is 0.219. The van der Waals surface area contributed by atoms with Gasteiger partial charge in [0.15, 0.2) is 5.65 Å². The van der Waals surface area contributed by atoms with Crippen LogP contribution in [0.5, 0.6) is 0 Å². The van der Waals surface area contributed by atoms with Gasteiger partial charge in [-0.25, -0.2) is 14.4 Å². The molecule has 5 aromatic rings. The molecule has 0 saturated carbocycles. The zero-order valence-electron chi connectivity index (χ0n) is 23.8. The summed E-state index contributed by atoms with van der Waals surface area (Å²) in [7, 11) is 1.64. The number of aromatic nitrogens is 4. The Labute approximate surface area is 247 Å². The summed E-state index contributed by atoms with van der Waals surface area (Å²) in [5.41, 5.74) is 5.26. The molecule has 1 saturated heterocycles. The van der Waals surface area contributed by atoms with Crippen LogP contribution in [0.3, 0.4) is 0 Å². The first-order valence-electron chi connectivity index (χ1n) is 13.9. The molecule has 0 bridgehead atoms. The van der Waals surface area contributed by atoms with Gasteiger partial charge in [-0.05, 0) is 66.6 Å². The maximum atomic E-state index is 13.5. The van der Waals surface area contributed by atoms with Crippen LogP contribution >= 0.6 is 0 Å². The second-order valence-electron chi connectivity index (χ2n) is 10.3. The number of morpholine rings is 1. The molecule has 0 radical (unpaired) electrons. The molecule has 2 aromatic heterocycles. The second-order valence-corrected chi connectivity index (χ2v) is 10.3. The van der Waals surface area contributed by atoms with E-state index < -0.39 is 6.67 Å². The maximum Gasteiger partial charge on any atom is 0.278 e. The van der Waals surface area contributed by atoms with Gasteiger partial charge in [0.05, 0.1) is 19.4 Å². The fourth-order valence-electron chi connectivity index (χ4n) is 5.01. The van der Waals surface area contributed by atoms with Gasteiger partial charge in [-0.15, -0.1) is 0 Å². The number of halogens is 1. The van der Waals surface area contributed by atoms with Gasteiger partial charge < -0.3 is 20.3 Å². The van der Waals surface area contributed by atoms with Crippen molar-refractivity contribution in [3.05, 3.63) is 100.0 Å². The van der Waals surface area contributed by atoms with Gasteiger partial charge >= 0.3 is 0 Å². The molecule has 43 heavy (non-hydrogen) atoms. The monoisotopic (exact) mass is 579 g/mol. The molecule has 6 rings (SSSR count). The first-order valence-corrected chi connectivity index (χ1v) is 13.9. The van der Waals surface area contributed by atoms with Crippen molar-refractivity contribution < 1.29 is 13.9 Å². The molecular weight excluding hydrogens is 549 g/mol. The van der Waals surface area contributed by atoms with Crippen LogP contribution in [0.15, 0.2) is 77.7 Å². The van der Waals surface area contributed by atoms with E-state index in [1.165, 1.54) is 10.6 Å². The lowest BCUT2D eigenvalue weighted by Gasteiger charge is -2.28. The van der Waals surface area contributed by atoms with Crippen LogP contribution < -0.4 is 21.1 Å². The minimum atomic E-state index is -0.656. The Kier molecular flexibility index (Phi) is 7.80. The van der Waals surface area contributed by atoms with Crippen LogP contribution in [0.1, 0.15) is 21.5 Å². The van der Waals surface area contributed by atoms with Crippen LogP contribution in [-0.2, 0) is 18.5 Å². The normalized spacial score (nSPS) is 13.2. The predicted molar refractivity (Wildman–Crippen MR) is 165 cm³/mol. The third kappa shape index (κ3) is 5.93. The van der Waals surface area contributed by atoms with Gasteiger partial charge in [-0.2, -0.15) is 4.98 Å². The summed E-state index contributed by atoms with van der Waals surface area (Å²) in [5.74, 6) is -0.0393. The minimum Gasteiger partial charge on any atom is -0.378 e. The molecule has 0 atom stereocenters. The summed E-state index contributed by atoms with van der Waals surface area (Å²) in [6, 6.07) is 19.7. The molecule has 0 spiro atoms. The lowest BCUT2D eigenvalue weighted by Crippen LogP contribution is -2.36. The molecule has 3 aromatic carbocycles. The third-order valence-electron chi connectivity index (χ3n) is 7.40. The van der Waals surface area contributed by atoms with E-state index in [9.17, 15) is 14.0 Å². The number of carbonyl (C=O) groups excluding carboxylic acids is 1. The zero-order valence-corrected chi connectivity index (χ0v) is 23.8. The summed E-state index contributed by atoms with van der Waals surface area (Å²) in [6.45, 7) is 4.37. The van der Waals surface area contributed by atoms with Crippen molar-refractivity contribution in [2.24, 2.45) is 7.05 Å². The van der Waals surface area contributed by atoms with Crippen molar-refractivity contribution in [2.45, 2.75) is 13.6 Å². The van der Waals surface area contributed by atoms with Crippen LogP contribution in [-0.4, -0.2) is 51.7 Å². The van der Waals surface area contributed by atoms with Gasteiger partial charge in [0.2, 0.25) is 5.95 Å². The van der Waals surface area contributed by atoms with Crippen molar-refractivity contribution in [3.8, 4) is 11.3 Å². The summed E-state index contributed by atoms with van der Waals surface area (Å²) >= 11 is 0. The highest BCUT2D eigenvalue weighted by atomic mass is 19.1. The molecule has 1 aliphatic heterocycles. The average molecular weight is 580 g/mol. The van der Waals surface area contributed by atoms with E-state index in [4.69, 9.17) is 4.74 Å². The number of anilines is 4. The first kappa shape index (κ1) is 28.0. The maximum absolute atomic E-state index is 13.5. The van der Waals surface area contributed by atoms with Gasteiger partial charge in [0.1, 0.15) is 17.9 Å². The van der Waals surface area contributed by atoms with Crippen molar-refractivity contribution >= 4 is 40.1 Å². The van der Waals surface area contributed by atoms with E-state index in [1.54, 1.807) is 43.6 Å². The Morgan fingerprint density at radius 2 is 1.77 bits per heavy atom. The highest BCUT2D eigenvalue weighted by Gasteiger charge is 2.17. The Hall–Kier alpha value is -5.16. The van der Waals surface area contributed by atoms with Gasteiger partial charge in [0, 0.05) is 48.3 Å². The molecule has 10 nitrogen and oxygen atoms in total. The predicted octanol–water partition coefficient (Wildman–Crippen LogP) is 5.00. The number of ether oxygens (including phenoxy) is 1. The number of alkyl halides is 1. The molecule has 0 unspecified atom stereocenters. The molecule has 1 aliphatic rings. The number of rotatable bonds is 7. The molecule has 2 N–H and O–H groups in total. The summed E-state index contributed by atoms with van der Waals surface area (Å²) in [6.07, 6.45) is 1.58. The fourth-order valence-corrected chi connectivity index (χ4v) is 5.01. The second kappa shape index (κ2) is 12.0. The van der Waals surface area contributed by atoms with Crippen molar-refractivity contribution in [3.63, 3.8) is 0 Å². The van der Waals surface area contributed by atoms with E-state index in [1.807, 2.05) is 37.3 Å². The zero-order chi connectivity index (χ0) is 29.9.